The Morgan fingerprint density at radius 2 is 1.88 bits per heavy atom. The average molecular weight is 239 g/mol. The van der Waals surface area contributed by atoms with Gasteiger partial charge in [0, 0.05) is 6.04 Å². The maximum absolute atomic E-state index is 3.65. The molecule has 1 aliphatic carbocycles. The van der Waals surface area contributed by atoms with Crippen LogP contribution in [0.5, 0.6) is 0 Å². The number of rotatable bonds is 7. The molecule has 1 nitrogen and oxygen atoms in total. The minimum Gasteiger partial charge on any atom is -0.314 e. The first kappa shape index (κ1) is 15.0. The first-order valence-electron chi connectivity index (χ1n) is 7.90. The average Bonchev–Trinajstić information content (AvgIpc) is 2.34. The fourth-order valence-electron chi connectivity index (χ4n) is 3.27. The number of unbranched alkanes of at least 4 members (excludes halogenated alkanes) is 1. The number of hydrogen-bond donors (Lipinski definition) is 1. The summed E-state index contributed by atoms with van der Waals surface area (Å²) in [6.07, 6.45) is 10.1. The summed E-state index contributed by atoms with van der Waals surface area (Å²) in [5, 5.41) is 3.65. The van der Waals surface area contributed by atoms with Gasteiger partial charge in [0.1, 0.15) is 0 Å². The summed E-state index contributed by atoms with van der Waals surface area (Å²) in [6, 6.07) is 0.644. The van der Waals surface area contributed by atoms with Crippen LogP contribution >= 0.6 is 0 Å². The fraction of sp³-hybridized carbons (Fsp3) is 1.00. The summed E-state index contributed by atoms with van der Waals surface area (Å²) in [6.45, 7) is 10.5. The Morgan fingerprint density at radius 1 is 1.12 bits per heavy atom. The molecule has 1 rings (SSSR count). The SMILES string of the molecule is CCCCC1CC(CC)CCC1CNC(C)C. The van der Waals surface area contributed by atoms with Crippen LogP contribution < -0.4 is 5.32 Å². The second-order valence-electron chi connectivity index (χ2n) is 6.31. The predicted octanol–water partition coefficient (Wildman–Crippen LogP) is 4.62. The van der Waals surface area contributed by atoms with E-state index in [0.29, 0.717) is 6.04 Å². The third-order valence-electron chi connectivity index (χ3n) is 4.54. The molecular formula is C16H33N. The molecule has 0 heterocycles. The Labute approximate surface area is 109 Å². The van der Waals surface area contributed by atoms with E-state index in [1.165, 1.54) is 51.5 Å². The van der Waals surface area contributed by atoms with Crippen LogP contribution in [0, 0.1) is 17.8 Å². The third kappa shape index (κ3) is 5.42. The van der Waals surface area contributed by atoms with E-state index in [1.54, 1.807) is 0 Å². The second kappa shape index (κ2) is 8.13. The van der Waals surface area contributed by atoms with Gasteiger partial charge in [-0.05, 0) is 37.1 Å². The van der Waals surface area contributed by atoms with Gasteiger partial charge in [-0.15, -0.1) is 0 Å². The molecule has 0 aromatic rings. The lowest BCUT2D eigenvalue weighted by Crippen LogP contribution is -2.36. The van der Waals surface area contributed by atoms with Gasteiger partial charge in [0.15, 0.2) is 0 Å². The van der Waals surface area contributed by atoms with Crippen LogP contribution in [0.15, 0.2) is 0 Å². The molecule has 1 N–H and O–H groups in total. The zero-order valence-electron chi connectivity index (χ0n) is 12.5. The fourth-order valence-corrected chi connectivity index (χ4v) is 3.27. The molecule has 102 valence electrons. The standard InChI is InChI=1S/C16H33N/c1-5-7-8-15-11-14(6-2)9-10-16(15)12-17-13(3)4/h13-17H,5-12H2,1-4H3. The minimum absolute atomic E-state index is 0.644. The lowest BCUT2D eigenvalue weighted by atomic mass is 9.71. The van der Waals surface area contributed by atoms with Gasteiger partial charge in [0.2, 0.25) is 0 Å². The molecule has 0 bridgehead atoms. The molecule has 0 aromatic carbocycles. The van der Waals surface area contributed by atoms with E-state index in [0.717, 1.165) is 17.8 Å². The van der Waals surface area contributed by atoms with E-state index in [-0.39, 0.29) is 0 Å². The highest BCUT2D eigenvalue weighted by Crippen LogP contribution is 2.37. The molecule has 1 fully saturated rings. The minimum atomic E-state index is 0.644. The van der Waals surface area contributed by atoms with E-state index in [1.807, 2.05) is 0 Å². The molecule has 3 atom stereocenters. The van der Waals surface area contributed by atoms with E-state index in [4.69, 9.17) is 0 Å². The van der Waals surface area contributed by atoms with Crippen LogP contribution in [0.3, 0.4) is 0 Å². The van der Waals surface area contributed by atoms with Crippen LogP contribution in [0.1, 0.15) is 72.6 Å². The molecule has 0 spiro atoms. The van der Waals surface area contributed by atoms with Gasteiger partial charge in [-0.3, -0.25) is 0 Å². The Kier molecular flexibility index (Phi) is 7.18. The zero-order valence-corrected chi connectivity index (χ0v) is 12.5. The molecule has 1 heteroatoms. The monoisotopic (exact) mass is 239 g/mol. The van der Waals surface area contributed by atoms with Gasteiger partial charge < -0.3 is 5.32 Å². The normalized spacial score (nSPS) is 29.8. The van der Waals surface area contributed by atoms with Crippen molar-refractivity contribution in [3.63, 3.8) is 0 Å². The summed E-state index contributed by atoms with van der Waals surface area (Å²) in [4.78, 5) is 0. The van der Waals surface area contributed by atoms with Gasteiger partial charge in [-0.25, -0.2) is 0 Å². The predicted molar refractivity (Wildman–Crippen MR) is 77.3 cm³/mol. The van der Waals surface area contributed by atoms with E-state index < -0.39 is 0 Å². The lowest BCUT2D eigenvalue weighted by molar-refractivity contribution is 0.158. The van der Waals surface area contributed by atoms with E-state index >= 15 is 0 Å². The molecule has 0 saturated heterocycles. The van der Waals surface area contributed by atoms with Crippen molar-refractivity contribution in [2.45, 2.75) is 78.7 Å². The summed E-state index contributed by atoms with van der Waals surface area (Å²) in [7, 11) is 0. The second-order valence-corrected chi connectivity index (χ2v) is 6.31. The molecule has 0 radical (unpaired) electrons. The first-order valence-corrected chi connectivity index (χ1v) is 7.90. The van der Waals surface area contributed by atoms with Gasteiger partial charge in [-0.1, -0.05) is 59.8 Å². The molecule has 0 aromatic heterocycles. The van der Waals surface area contributed by atoms with Gasteiger partial charge >= 0.3 is 0 Å². The Bertz CT molecular complexity index is 188. The third-order valence-corrected chi connectivity index (χ3v) is 4.54. The first-order chi connectivity index (χ1) is 8.17. The highest BCUT2D eigenvalue weighted by atomic mass is 14.9. The molecular weight excluding hydrogens is 206 g/mol. The topological polar surface area (TPSA) is 12.0 Å². The summed E-state index contributed by atoms with van der Waals surface area (Å²) >= 11 is 0. The molecule has 1 saturated carbocycles. The molecule has 17 heavy (non-hydrogen) atoms. The summed E-state index contributed by atoms with van der Waals surface area (Å²) in [5.74, 6) is 2.97. The smallest absolute Gasteiger partial charge is 0.00104 e. The van der Waals surface area contributed by atoms with Crippen LogP contribution in [-0.4, -0.2) is 12.6 Å². The highest BCUT2D eigenvalue weighted by molar-refractivity contribution is 4.81. The van der Waals surface area contributed by atoms with Crippen molar-refractivity contribution < 1.29 is 0 Å². The van der Waals surface area contributed by atoms with Crippen LogP contribution in [-0.2, 0) is 0 Å². The van der Waals surface area contributed by atoms with Crippen molar-refractivity contribution in [1.82, 2.24) is 5.32 Å². The van der Waals surface area contributed by atoms with Gasteiger partial charge in [-0.2, -0.15) is 0 Å². The summed E-state index contributed by atoms with van der Waals surface area (Å²) in [5.41, 5.74) is 0. The van der Waals surface area contributed by atoms with E-state index in [2.05, 4.69) is 33.0 Å². The molecule has 1 aliphatic rings. The Balaban J connectivity index is 2.41. The quantitative estimate of drug-likeness (QED) is 0.683. The van der Waals surface area contributed by atoms with Crippen molar-refractivity contribution in [3.8, 4) is 0 Å². The van der Waals surface area contributed by atoms with E-state index in [9.17, 15) is 0 Å². The van der Waals surface area contributed by atoms with Crippen molar-refractivity contribution >= 4 is 0 Å². The van der Waals surface area contributed by atoms with Crippen molar-refractivity contribution in [2.24, 2.45) is 17.8 Å². The largest absolute Gasteiger partial charge is 0.314 e. The summed E-state index contributed by atoms with van der Waals surface area (Å²) < 4.78 is 0. The molecule has 0 aliphatic heterocycles. The Hall–Kier alpha value is -0.0400. The van der Waals surface area contributed by atoms with Crippen LogP contribution in [0.25, 0.3) is 0 Å². The Morgan fingerprint density at radius 3 is 2.47 bits per heavy atom. The highest BCUT2D eigenvalue weighted by Gasteiger charge is 2.28. The van der Waals surface area contributed by atoms with Crippen molar-refractivity contribution in [3.05, 3.63) is 0 Å². The maximum Gasteiger partial charge on any atom is 0.00104 e. The van der Waals surface area contributed by atoms with Crippen molar-refractivity contribution in [2.75, 3.05) is 6.54 Å². The molecule has 0 amide bonds. The van der Waals surface area contributed by atoms with Crippen LogP contribution in [0.2, 0.25) is 0 Å². The zero-order chi connectivity index (χ0) is 12.7. The lowest BCUT2D eigenvalue weighted by Gasteiger charge is -2.36. The van der Waals surface area contributed by atoms with Crippen molar-refractivity contribution in [1.29, 1.82) is 0 Å². The van der Waals surface area contributed by atoms with Crippen LogP contribution in [0.4, 0.5) is 0 Å². The number of hydrogen-bond acceptors (Lipinski definition) is 1. The van der Waals surface area contributed by atoms with Gasteiger partial charge in [0.05, 0.1) is 0 Å². The maximum atomic E-state index is 3.65. The van der Waals surface area contributed by atoms with Gasteiger partial charge in [0.25, 0.3) is 0 Å². The molecule has 3 unspecified atom stereocenters. The number of nitrogens with one attached hydrogen (secondary N) is 1.